The van der Waals surface area contributed by atoms with Crippen LogP contribution < -0.4 is 0 Å². The highest BCUT2D eigenvalue weighted by molar-refractivity contribution is 14.1. The molecule has 0 bridgehead atoms. The van der Waals surface area contributed by atoms with Crippen LogP contribution in [0, 0.1) is 0 Å². The van der Waals surface area contributed by atoms with Crippen LogP contribution in [0.2, 0.25) is 12.6 Å². The maximum atomic E-state index is 5.83. The van der Waals surface area contributed by atoms with E-state index in [1.165, 1.54) is 0 Å². The van der Waals surface area contributed by atoms with Crippen molar-refractivity contribution in [3.05, 3.63) is 0 Å². The van der Waals surface area contributed by atoms with Gasteiger partial charge in [0, 0.05) is 3.92 Å². The van der Waals surface area contributed by atoms with Crippen LogP contribution in [0.3, 0.4) is 0 Å². The fourth-order valence-electron chi connectivity index (χ4n) is 0.494. The average molecular weight is 283 g/mol. The molecule has 0 aromatic heterocycles. The van der Waals surface area contributed by atoms with Gasteiger partial charge in [-0.25, -0.2) is 0 Å². The lowest BCUT2D eigenvalue weighted by atomic mass is 10.6. The van der Waals surface area contributed by atoms with E-state index in [1.807, 2.05) is 6.55 Å². The second kappa shape index (κ2) is 3.64. The summed E-state index contributed by atoms with van der Waals surface area (Å²) in [5.41, 5.74) is 0. The number of hydrogen-bond donors (Lipinski definition) is 0. The molecule has 0 spiro atoms. The minimum atomic E-state index is -1.78. The molecule has 4 heteroatoms. The van der Waals surface area contributed by atoms with Gasteiger partial charge in [-0.2, -0.15) is 0 Å². The zero-order valence-corrected chi connectivity index (χ0v) is 9.59. The molecule has 0 nitrogen and oxygen atoms in total. The Morgan fingerprint density at radius 3 is 2.00 bits per heavy atom. The van der Waals surface area contributed by atoms with Gasteiger partial charge in [0.1, 0.15) is 0 Å². The molecular weight excluding hydrogens is 274 g/mol. The quantitative estimate of drug-likeness (QED) is 0.315. The summed E-state index contributed by atoms with van der Waals surface area (Å²) in [6, 6.07) is 0.983. The van der Waals surface area contributed by atoms with Gasteiger partial charge in [-0.05, 0) is 12.6 Å². The highest BCUT2D eigenvalue weighted by Gasteiger charge is 2.22. The smallest absolute Gasteiger partial charge is 0.146 e. The van der Waals surface area contributed by atoms with Crippen LogP contribution in [-0.4, -0.2) is 10.6 Å². The first-order valence-corrected chi connectivity index (χ1v) is 8.41. The number of alkyl halides is 1. The first-order valence-electron chi connectivity index (χ1n) is 2.44. The van der Waals surface area contributed by atoms with E-state index in [9.17, 15) is 0 Å². The van der Waals surface area contributed by atoms with Crippen molar-refractivity contribution in [1.82, 2.24) is 0 Å². The molecule has 0 saturated heterocycles. The topological polar surface area (TPSA) is 0 Å². The van der Waals surface area contributed by atoms with Crippen molar-refractivity contribution in [2.75, 3.05) is 0 Å². The first-order chi connectivity index (χ1) is 3.42. The molecule has 0 aromatic rings. The molecular formula is C4H9Cl2ISi. The molecule has 0 aromatic carbocycles. The van der Waals surface area contributed by atoms with Gasteiger partial charge in [-0.1, -0.05) is 29.5 Å². The third kappa shape index (κ3) is 7.53. The zero-order valence-electron chi connectivity index (χ0n) is 4.92. The SMILES string of the molecule is CC(I)C[Si](C)(Cl)Cl. The van der Waals surface area contributed by atoms with Gasteiger partial charge in [0.25, 0.3) is 0 Å². The van der Waals surface area contributed by atoms with Crippen LogP contribution in [-0.2, 0) is 0 Å². The second-order valence-corrected chi connectivity index (χ2v) is 12.3. The van der Waals surface area contributed by atoms with Gasteiger partial charge in [-0.3, -0.25) is 0 Å². The van der Waals surface area contributed by atoms with Crippen LogP contribution in [0.5, 0.6) is 0 Å². The van der Waals surface area contributed by atoms with Crippen molar-refractivity contribution in [2.24, 2.45) is 0 Å². The molecule has 0 rings (SSSR count). The van der Waals surface area contributed by atoms with Gasteiger partial charge in [0.2, 0.25) is 6.69 Å². The van der Waals surface area contributed by atoms with E-state index in [2.05, 4.69) is 29.5 Å². The molecule has 0 N–H and O–H groups in total. The van der Waals surface area contributed by atoms with Gasteiger partial charge in [0.15, 0.2) is 0 Å². The van der Waals surface area contributed by atoms with Crippen LogP contribution >= 0.6 is 44.7 Å². The standard InChI is InChI=1S/C4H9Cl2ISi/c1-4(7)3-8(2,5)6/h4H,3H2,1-2H3. The monoisotopic (exact) mass is 282 g/mol. The molecule has 0 saturated carbocycles. The third-order valence-corrected chi connectivity index (χ3v) is 4.17. The molecule has 0 fully saturated rings. The van der Waals surface area contributed by atoms with Crippen molar-refractivity contribution in [2.45, 2.75) is 23.4 Å². The minimum Gasteiger partial charge on any atom is -0.146 e. The molecule has 0 aliphatic heterocycles. The number of rotatable bonds is 2. The fraction of sp³-hybridized carbons (Fsp3) is 1.00. The largest absolute Gasteiger partial charge is 0.249 e. The lowest BCUT2D eigenvalue weighted by Gasteiger charge is -2.10. The number of halogens is 3. The molecule has 8 heavy (non-hydrogen) atoms. The Balaban J connectivity index is 3.39. The molecule has 0 aliphatic carbocycles. The van der Waals surface area contributed by atoms with Crippen molar-refractivity contribution >= 4 is 51.4 Å². The summed E-state index contributed by atoms with van der Waals surface area (Å²) in [5, 5.41) is 0. The molecule has 1 unspecified atom stereocenters. The molecule has 0 amide bonds. The highest BCUT2D eigenvalue weighted by Crippen LogP contribution is 2.24. The fourth-order valence-corrected chi connectivity index (χ4v) is 7.07. The lowest BCUT2D eigenvalue weighted by molar-refractivity contribution is 1.14. The maximum absolute atomic E-state index is 5.83. The summed E-state index contributed by atoms with van der Waals surface area (Å²) in [6.45, 7) is 2.29. The van der Waals surface area contributed by atoms with Crippen LogP contribution in [0.15, 0.2) is 0 Å². The molecule has 1 atom stereocenters. The van der Waals surface area contributed by atoms with Crippen molar-refractivity contribution in [1.29, 1.82) is 0 Å². The Hall–Kier alpha value is 1.53. The zero-order chi connectivity index (χ0) is 6.78. The normalized spacial score (nSPS) is 16.1. The van der Waals surface area contributed by atoms with Gasteiger partial charge >= 0.3 is 0 Å². The van der Waals surface area contributed by atoms with Gasteiger partial charge in [-0.15, -0.1) is 22.2 Å². The van der Waals surface area contributed by atoms with Crippen LogP contribution in [0.1, 0.15) is 6.92 Å². The summed E-state index contributed by atoms with van der Waals surface area (Å²) in [4.78, 5) is 0. The summed E-state index contributed by atoms with van der Waals surface area (Å²) in [6.07, 6.45) is 0. The van der Waals surface area contributed by atoms with E-state index in [-0.39, 0.29) is 0 Å². The van der Waals surface area contributed by atoms with E-state index in [0.717, 1.165) is 6.04 Å². The van der Waals surface area contributed by atoms with E-state index in [1.54, 1.807) is 0 Å². The second-order valence-electron chi connectivity index (χ2n) is 2.06. The molecule has 0 aliphatic rings. The van der Waals surface area contributed by atoms with E-state index >= 15 is 0 Å². The van der Waals surface area contributed by atoms with E-state index in [4.69, 9.17) is 22.2 Å². The van der Waals surface area contributed by atoms with E-state index < -0.39 is 6.69 Å². The Morgan fingerprint density at radius 2 is 2.00 bits per heavy atom. The average Bonchev–Trinajstić information content (AvgIpc) is 1.21. The molecule has 0 radical (unpaired) electrons. The lowest BCUT2D eigenvalue weighted by Crippen LogP contribution is -2.16. The predicted molar refractivity (Wildman–Crippen MR) is 51.6 cm³/mol. The summed E-state index contributed by atoms with van der Waals surface area (Å²) < 4.78 is 0.610. The van der Waals surface area contributed by atoms with Crippen LogP contribution in [0.4, 0.5) is 0 Å². The Bertz CT molecular complexity index is 68.9. The molecule has 0 heterocycles. The predicted octanol–water partition coefficient (Wildman–Crippen LogP) is 3.36. The first kappa shape index (κ1) is 9.53. The molecule has 50 valence electrons. The van der Waals surface area contributed by atoms with Crippen molar-refractivity contribution in [3.8, 4) is 0 Å². The Kier molecular flexibility index (Phi) is 4.33. The number of hydrogen-bond acceptors (Lipinski definition) is 0. The van der Waals surface area contributed by atoms with Gasteiger partial charge < -0.3 is 0 Å². The van der Waals surface area contributed by atoms with Crippen molar-refractivity contribution in [3.63, 3.8) is 0 Å². The highest BCUT2D eigenvalue weighted by atomic mass is 127. The summed E-state index contributed by atoms with van der Waals surface area (Å²) >= 11 is 14.0. The Labute approximate surface area is 74.5 Å². The summed E-state index contributed by atoms with van der Waals surface area (Å²) in [5.74, 6) is 0. The van der Waals surface area contributed by atoms with Gasteiger partial charge in [0.05, 0.1) is 0 Å². The third-order valence-electron chi connectivity index (χ3n) is 0.640. The summed E-state index contributed by atoms with van der Waals surface area (Å²) in [7, 11) is 0. The minimum absolute atomic E-state index is 0.610. The Morgan fingerprint density at radius 1 is 1.62 bits per heavy atom. The van der Waals surface area contributed by atoms with E-state index in [0.29, 0.717) is 3.92 Å². The maximum Gasteiger partial charge on any atom is 0.249 e. The van der Waals surface area contributed by atoms with Crippen LogP contribution in [0.25, 0.3) is 0 Å². The van der Waals surface area contributed by atoms with Crippen molar-refractivity contribution < 1.29 is 0 Å².